The standard InChI is InChI=1S/C45H69N5O12S/c1-10-60-41(53)36(48-63(56,57)35-16-15-33-26-37(58-8)38(59-9)27-34(33)25-35)28-46-39(51)29-47-40(52)32(13-11-30-17-21-49(22-18-30)42(54)61-44(2,3)4)14-12-31-19-23-50(24-20-31)43(55)62-45(5,6)7/h15-16,25-27,30-32,36,48H,10-14,17-24,28-29H2,1-9H3,(H,46,51)(H,47,52)/t36-/m0/s1. The molecule has 0 bridgehead atoms. The van der Waals surface area contributed by atoms with Crippen molar-refractivity contribution in [1.29, 1.82) is 0 Å². The molecule has 2 aliphatic rings. The Kier molecular flexibility index (Phi) is 18.3. The summed E-state index contributed by atoms with van der Waals surface area (Å²) in [4.78, 5) is 68.5. The number of hydrogen-bond acceptors (Lipinski definition) is 12. The van der Waals surface area contributed by atoms with Gasteiger partial charge >= 0.3 is 18.2 Å². The van der Waals surface area contributed by atoms with Gasteiger partial charge in [-0.15, -0.1) is 0 Å². The van der Waals surface area contributed by atoms with Gasteiger partial charge < -0.3 is 44.1 Å². The highest BCUT2D eigenvalue weighted by atomic mass is 32.2. The molecule has 2 fully saturated rings. The summed E-state index contributed by atoms with van der Waals surface area (Å²) in [6.45, 7) is 14.1. The normalized spacial score (nSPS) is 16.0. The average molecular weight is 904 g/mol. The van der Waals surface area contributed by atoms with Crippen molar-refractivity contribution in [3.05, 3.63) is 30.3 Å². The summed E-state index contributed by atoms with van der Waals surface area (Å²) in [5, 5.41) is 6.59. The molecule has 2 aliphatic heterocycles. The maximum absolute atomic E-state index is 13.8. The Labute approximate surface area is 372 Å². The fourth-order valence-electron chi connectivity index (χ4n) is 7.72. The topological polar surface area (TPSA) is 208 Å². The highest BCUT2D eigenvalue weighted by Gasteiger charge is 2.32. The second kappa shape index (κ2) is 22.7. The summed E-state index contributed by atoms with van der Waals surface area (Å²) in [5.74, 6) is -0.673. The van der Waals surface area contributed by atoms with E-state index in [9.17, 15) is 32.4 Å². The van der Waals surface area contributed by atoms with Gasteiger partial charge in [-0.3, -0.25) is 14.4 Å². The molecule has 0 aliphatic carbocycles. The third-order valence-corrected chi connectivity index (χ3v) is 12.6. The highest BCUT2D eigenvalue weighted by Crippen LogP contribution is 2.34. The second-order valence-electron chi connectivity index (χ2n) is 18.3. The summed E-state index contributed by atoms with van der Waals surface area (Å²) >= 11 is 0. The first-order valence-corrected chi connectivity index (χ1v) is 23.4. The van der Waals surface area contributed by atoms with E-state index in [2.05, 4.69) is 15.4 Å². The number of ether oxygens (including phenoxy) is 5. The molecule has 0 spiro atoms. The first-order chi connectivity index (χ1) is 29.6. The molecule has 0 aromatic heterocycles. The highest BCUT2D eigenvalue weighted by molar-refractivity contribution is 7.89. The molecule has 17 nitrogen and oxygen atoms in total. The zero-order valence-corrected chi connectivity index (χ0v) is 39.3. The molecule has 0 unspecified atom stereocenters. The zero-order valence-electron chi connectivity index (χ0n) is 38.5. The Morgan fingerprint density at radius 1 is 0.730 bits per heavy atom. The molecule has 3 N–H and O–H groups in total. The van der Waals surface area contributed by atoms with E-state index in [-0.39, 0.29) is 29.6 Å². The SMILES string of the molecule is CCOC(=O)[C@H](CNC(=O)CNC(=O)C(CCC1CCN(C(=O)OC(C)(C)C)CC1)CCC1CCN(C(=O)OC(C)(C)C)CC1)NS(=O)(=O)c1ccc2cc(OC)c(OC)cc2c1. The predicted molar refractivity (Wildman–Crippen MR) is 237 cm³/mol. The monoisotopic (exact) mass is 903 g/mol. The van der Waals surface area contributed by atoms with Crippen molar-refractivity contribution < 1.29 is 56.1 Å². The van der Waals surface area contributed by atoms with Gasteiger partial charge in [0.1, 0.15) is 17.2 Å². The minimum Gasteiger partial charge on any atom is -0.493 e. The number of rotatable bonds is 18. The number of methoxy groups -OCH3 is 2. The van der Waals surface area contributed by atoms with Gasteiger partial charge in [0.25, 0.3) is 0 Å². The van der Waals surface area contributed by atoms with Crippen LogP contribution in [0, 0.1) is 17.8 Å². The van der Waals surface area contributed by atoms with Crippen LogP contribution in [0.5, 0.6) is 11.5 Å². The smallest absolute Gasteiger partial charge is 0.410 e. The molecule has 2 aromatic carbocycles. The first kappa shape index (κ1) is 50.8. The van der Waals surface area contributed by atoms with Crippen LogP contribution in [0.25, 0.3) is 10.8 Å². The van der Waals surface area contributed by atoms with Crippen LogP contribution < -0.4 is 24.8 Å². The largest absolute Gasteiger partial charge is 0.493 e. The number of nitrogens with zero attached hydrogens (tertiary/aromatic N) is 2. The molecule has 4 rings (SSSR count). The number of carbonyl (C=O) groups is 5. The molecule has 4 amide bonds. The summed E-state index contributed by atoms with van der Waals surface area (Å²) in [6.07, 6.45) is 5.20. The van der Waals surface area contributed by atoms with Gasteiger partial charge in [0, 0.05) is 38.6 Å². The maximum atomic E-state index is 13.8. The predicted octanol–water partition coefficient (Wildman–Crippen LogP) is 5.77. The van der Waals surface area contributed by atoms with Crippen molar-refractivity contribution in [3.8, 4) is 11.5 Å². The molecule has 63 heavy (non-hydrogen) atoms. The minimum absolute atomic E-state index is 0.0221. The third-order valence-electron chi connectivity index (χ3n) is 11.2. The van der Waals surface area contributed by atoms with Gasteiger partial charge in [-0.25, -0.2) is 18.0 Å². The van der Waals surface area contributed by atoms with Gasteiger partial charge in [0.15, 0.2) is 11.5 Å². The van der Waals surface area contributed by atoms with Crippen LogP contribution in [-0.2, 0) is 38.6 Å². The van der Waals surface area contributed by atoms with Gasteiger partial charge in [-0.2, -0.15) is 4.72 Å². The van der Waals surface area contributed by atoms with Crippen LogP contribution in [0.15, 0.2) is 35.2 Å². The molecule has 2 heterocycles. The lowest BCUT2D eigenvalue weighted by molar-refractivity contribution is -0.145. The van der Waals surface area contributed by atoms with Crippen LogP contribution in [0.2, 0.25) is 0 Å². The van der Waals surface area contributed by atoms with Crippen molar-refractivity contribution in [2.24, 2.45) is 17.8 Å². The molecular weight excluding hydrogens is 835 g/mol. The van der Waals surface area contributed by atoms with Gasteiger partial charge in [-0.1, -0.05) is 6.07 Å². The van der Waals surface area contributed by atoms with Crippen molar-refractivity contribution in [2.45, 2.75) is 122 Å². The summed E-state index contributed by atoms with van der Waals surface area (Å²) in [6, 6.07) is 6.33. The van der Waals surface area contributed by atoms with Gasteiger partial charge in [0.2, 0.25) is 21.8 Å². The van der Waals surface area contributed by atoms with E-state index in [4.69, 9.17) is 23.7 Å². The number of carbonyl (C=O) groups excluding carboxylic acids is 5. The summed E-state index contributed by atoms with van der Waals surface area (Å²) in [7, 11) is -1.32. The van der Waals surface area contributed by atoms with Crippen LogP contribution >= 0.6 is 0 Å². The van der Waals surface area contributed by atoms with Crippen molar-refractivity contribution in [3.63, 3.8) is 0 Å². The molecular formula is C45H69N5O12S. The molecule has 0 radical (unpaired) electrons. The maximum Gasteiger partial charge on any atom is 0.410 e. The lowest BCUT2D eigenvalue weighted by Crippen LogP contribution is -2.50. The number of fused-ring (bicyclic) bond motifs is 1. The lowest BCUT2D eigenvalue weighted by Gasteiger charge is -2.34. The number of benzene rings is 2. The summed E-state index contributed by atoms with van der Waals surface area (Å²) in [5.41, 5.74) is -1.16. The third kappa shape index (κ3) is 16.0. The van der Waals surface area contributed by atoms with Crippen molar-refractivity contribution in [1.82, 2.24) is 25.2 Å². The van der Waals surface area contributed by atoms with E-state index in [1.165, 1.54) is 26.4 Å². The van der Waals surface area contributed by atoms with E-state index in [0.29, 0.717) is 73.1 Å². The number of amides is 4. The minimum atomic E-state index is -4.29. The molecule has 2 aromatic rings. The fourth-order valence-corrected chi connectivity index (χ4v) is 8.94. The Hall–Kier alpha value is -4.84. The lowest BCUT2D eigenvalue weighted by atomic mass is 9.84. The fraction of sp³-hybridized carbons (Fsp3) is 0.667. The van der Waals surface area contributed by atoms with Crippen molar-refractivity contribution >= 4 is 50.8 Å². The molecule has 0 saturated carbocycles. The average Bonchev–Trinajstić information content (AvgIpc) is 3.22. The number of nitrogens with one attached hydrogen (secondary N) is 3. The van der Waals surface area contributed by atoms with Crippen molar-refractivity contribution in [2.75, 3.05) is 60.1 Å². The van der Waals surface area contributed by atoms with E-state index < -0.39 is 58.2 Å². The summed E-state index contributed by atoms with van der Waals surface area (Å²) < 4.78 is 56.4. The number of hydrogen-bond donors (Lipinski definition) is 3. The second-order valence-corrected chi connectivity index (χ2v) is 20.1. The van der Waals surface area contributed by atoms with E-state index in [1.54, 1.807) is 34.9 Å². The van der Waals surface area contributed by atoms with Gasteiger partial charge in [-0.05, 0) is 147 Å². The molecule has 1 atom stereocenters. The van der Waals surface area contributed by atoms with Crippen LogP contribution in [0.3, 0.4) is 0 Å². The molecule has 18 heteroatoms. The molecule has 2 saturated heterocycles. The van der Waals surface area contributed by atoms with E-state index >= 15 is 0 Å². The van der Waals surface area contributed by atoms with Crippen LogP contribution in [0.4, 0.5) is 9.59 Å². The Balaban J connectivity index is 1.36. The number of esters is 1. The quantitative estimate of drug-likeness (QED) is 0.120. The van der Waals surface area contributed by atoms with E-state index in [0.717, 1.165) is 38.5 Å². The number of piperidine rings is 2. The van der Waals surface area contributed by atoms with E-state index in [1.807, 2.05) is 41.5 Å². The number of sulfonamides is 1. The Morgan fingerprint density at radius 3 is 1.68 bits per heavy atom. The Morgan fingerprint density at radius 2 is 1.22 bits per heavy atom. The first-order valence-electron chi connectivity index (χ1n) is 22.0. The van der Waals surface area contributed by atoms with Gasteiger partial charge in [0.05, 0.1) is 32.3 Å². The Bertz CT molecular complexity index is 1950. The molecule has 352 valence electrons. The zero-order chi connectivity index (χ0) is 46.5. The van der Waals surface area contributed by atoms with Crippen LogP contribution in [0.1, 0.15) is 99.8 Å². The van der Waals surface area contributed by atoms with Crippen LogP contribution in [-0.4, -0.2) is 126 Å². The number of likely N-dealkylation sites (tertiary alicyclic amines) is 2.